The molecule has 25 heavy (non-hydrogen) atoms. The molecule has 2 heterocycles. The number of pyridine rings is 1. The number of carbonyl (C=O) groups excluding carboxylic acids is 1. The summed E-state index contributed by atoms with van der Waals surface area (Å²) in [5.41, 5.74) is 3.06. The maximum absolute atomic E-state index is 12.6. The summed E-state index contributed by atoms with van der Waals surface area (Å²) < 4.78 is 7.64. The van der Waals surface area contributed by atoms with Gasteiger partial charge in [0.1, 0.15) is 0 Å². The van der Waals surface area contributed by atoms with Crippen LogP contribution in [0.25, 0.3) is 11.0 Å². The van der Waals surface area contributed by atoms with Crippen LogP contribution in [-0.2, 0) is 11.8 Å². The number of nitrogens with zero attached hydrogens (tertiary/aromatic N) is 3. The molecule has 2 aromatic rings. The molecule has 1 aliphatic rings. The first-order valence-electron chi connectivity index (χ1n) is 9.27. The predicted octanol–water partition coefficient (Wildman–Crippen LogP) is 3.05. The molecule has 1 amide bonds. The average molecular weight is 344 g/mol. The van der Waals surface area contributed by atoms with E-state index in [2.05, 4.69) is 15.4 Å². The van der Waals surface area contributed by atoms with Crippen molar-refractivity contribution in [2.45, 2.75) is 58.5 Å². The molecule has 0 aromatic carbocycles. The van der Waals surface area contributed by atoms with Crippen LogP contribution in [0.2, 0.25) is 0 Å². The Kier molecular flexibility index (Phi) is 5.68. The first-order valence-corrected chi connectivity index (χ1v) is 9.27. The Morgan fingerprint density at radius 2 is 2.08 bits per heavy atom. The van der Waals surface area contributed by atoms with Crippen molar-refractivity contribution in [3.05, 3.63) is 23.0 Å². The van der Waals surface area contributed by atoms with Crippen molar-refractivity contribution in [2.75, 3.05) is 13.2 Å². The summed E-state index contributed by atoms with van der Waals surface area (Å²) in [6.45, 7) is 5.14. The Morgan fingerprint density at radius 1 is 1.32 bits per heavy atom. The number of ether oxygens (including phenoxy) is 1. The average Bonchev–Trinajstić information content (AvgIpc) is 2.88. The van der Waals surface area contributed by atoms with Gasteiger partial charge in [-0.05, 0) is 39.2 Å². The van der Waals surface area contributed by atoms with Crippen molar-refractivity contribution >= 4 is 16.9 Å². The summed E-state index contributed by atoms with van der Waals surface area (Å²) in [7, 11) is 1.85. The van der Waals surface area contributed by atoms with Crippen LogP contribution in [-0.4, -0.2) is 39.9 Å². The number of amides is 1. The van der Waals surface area contributed by atoms with Crippen molar-refractivity contribution in [1.29, 1.82) is 0 Å². The molecular weight excluding hydrogens is 316 g/mol. The van der Waals surface area contributed by atoms with Gasteiger partial charge in [0.05, 0.1) is 22.7 Å². The number of carbonyl (C=O) groups is 1. The number of aromatic nitrogens is 3. The van der Waals surface area contributed by atoms with Gasteiger partial charge in [0.25, 0.3) is 5.91 Å². The standard InChI is InChI=1S/C19H28N4O2/c1-13-12-16(17-14(2)22-23(3)18(17)21-13)19(24)20-10-7-11-25-15-8-5-4-6-9-15/h12,15H,4-11H2,1-3H3,(H,20,24). The smallest absolute Gasteiger partial charge is 0.252 e. The molecule has 2 aromatic heterocycles. The van der Waals surface area contributed by atoms with Crippen LogP contribution < -0.4 is 5.32 Å². The van der Waals surface area contributed by atoms with Crippen molar-refractivity contribution in [2.24, 2.45) is 7.05 Å². The van der Waals surface area contributed by atoms with E-state index in [1.165, 1.54) is 32.1 Å². The molecule has 136 valence electrons. The zero-order valence-electron chi connectivity index (χ0n) is 15.5. The van der Waals surface area contributed by atoms with Crippen LogP contribution >= 0.6 is 0 Å². The predicted molar refractivity (Wildman–Crippen MR) is 97.8 cm³/mol. The molecule has 0 spiro atoms. The Hall–Kier alpha value is -1.95. The highest BCUT2D eigenvalue weighted by molar-refractivity contribution is 6.06. The molecule has 0 unspecified atom stereocenters. The molecule has 1 N–H and O–H groups in total. The molecule has 6 nitrogen and oxygen atoms in total. The van der Waals surface area contributed by atoms with Crippen LogP contribution in [0.15, 0.2) is 6.07 Å². The van der Waals surface area contributed by atoms with Gasteiger partial charge in [-0.2, -0.15) is 5.10 Å². The van der Waals surface area contributed by atoms with Gasteiger partial charge in [-0.25, -0.2) is 4.98 Å². The van der Waals surface area contributed by atoms with Crippen molar-refractivity contribution in [3.63, 3.8) is 0 Å². The molecular formula is C19H28N4O2. The van der Waals surface area contributed by atoms with Crippen LogP contribution in [0.5, 0.6) is 0 Å². The van der Waals surface area contributed by atoms with Gasteiger partial charge >= 0.3 is 0 Å². The lowest BCUT2D eigenvalue weighted by Crippen LogP contribution is -2.26. The first kappa shape index (κ1) is 17.9. The normalized spacial score (nSPS) is 15.6. The maximum atomic E-state index is 12.6. The Morgan fingerprint density at radius 3 is 2.84 bits per heavy atom. The van der Waals surface area contributed by atoms with Gasteiger partial charge in [0.15, 0.2) is 5.65 Å². The second-order valence-electron chi connectivity index (χ2n) is 6.96. The summed E-state index contributed by atoms with van der Waals surface area (Å²) in [6.07, 6.45) is 7.52. The van der Waals surface area contributed by atoms with E-state index >= 15 is 0 Å². The van der Waals surface area contributed by atoms with Crippen molar-refractivity contribution in [1.82, 2.24) is 20.1 Å². The molecule has 0 aliphatic heterocycles. The summed E-state index contributed by atoms with van der Waals surface area (Å²) in [5, 5.41) is 8.24. The van der Waals surface area contributed by atoms with Gasteiger partial charge in [-0.15, -0.1) is 0 Å². The van der Waals surface area contributed by atoms with Crippen LogP contribution in [0.1, 0.15) is 60.3 Å². The second kappa shape index (κ2) is 7.95. The Balaban J connectivity index is 1.55. The monoisotopic (exact) mass is 344 g/mol. The van der Waals surface area contributed by atoms with Gasteiger partial charge in [0, 0.05) is 25.9 Å². The fraction of sp³-hybridized carbons (Fsp3) is 0.632. The number of rotatable bonds is 6. The van der Waals surface area contributed by atoms with E-state index in [9.17, 15) is 4.79 Å². The summed E-state index contributed by atoms with van der Waals surface area (Å²) in [6, 6.07) is 1.84. The Labute approximate surface area is 149 Å². The maximum Gasteiger partial charge on any atom is 0.252 e. The lowest BCUT2D eigenvalue weighted by Gasteiger charge is -2.21. The molecule has 1 aliphatic carbocycles. The van der Waals surface area contributed by atoms with Crippen LogP contribution in [0, 0.1) is 13.8 Å². The SMILES string of the molecule is Cc1cc(C(=O)NCCCOC2CCCCC2)c2c(C)nn(C)c2n1. The number of hydrogen-bond donors (Lipinski definition) is 1. The highest BCUT2D eigenvalue weighted by Crippen LogP contribution is 2.22. The fourth-order valence-corrected chi connectivity index (χ4v) is 3.60. The molecule has 0 atom stereocenters. The van der Waals surface area contributed by atoms with Crippen molar-refractivity contribution < 1.29 is 9.53 Å². The molecule has 3 rings (SSSR count). The van der Waals surface area contributed by atoms with E-state index in [4.69, 9.17) is 4.74 Å². The number of fused-ring (bicyclic) bond motifs is 1. The molecule has 1 fully saturated rings. The van der Waals surface area contributed by atoms with Gasteiger partial charge in [-0.3, -0.25) is 9.48 Å². The van der Waals surface area contributed by atoms with Crippen molar-refractivity contribution in [3.8, 4) is 0 Å². The first-order chi connectivity index (χ1) is 12.1. The molecule has 1 saturated carbocycles. The Bertz CT molecular complexity index is 747. The number of aryl methyl sites for hydroxylation is 3. The number of hydrogen-bond acceptors (Lipinski definition) is 4. The summed E-state index contributed by atoms with van der Waals surface area (Å²) in [4.78, 5) is 17.1. The third kappa shape index (κ3) is 4.18. The van der Waals surface area contributed by atoms with Gasteiger partial charge in [-0.1, -0.05) is 19.3 Å². The molecule has 0 bridgehead atoms. The molecule has 0 radical (unpaired) electrons. The lowest BCUT2D eigenvalue weighted by molar-refractivity contribution is 0.0273. The van der Waals surface area contributed by atoms with Gasteiger partial charge in [0.2, 0.25) is 0 Å². The van der Waals surface area contributed by atoms with Gasteiger partial charge < -0.3 is 10.1 Å². The zero-order chi connectivity index (χ0) is 17.8. The third-order valence-corrected chi connectivity index (χ3v) is 4.85. The van der Waals surface area contributed by atoms with E-state index in [1.54, 1.807) is 4.68 Å². The largest absolute Gasteiger partial charge is 0.378 e. The lowest BCUT2D eigenvalue weighted by atomic mass is 9.98. The summed E-state index contributed by atoms with van der Waals surface area (Å²) in [5.74, 6) is -0.0655. The minimum atomic E-state index is -0.0655. The second-order valence-corrected chi connectivity index (χ2v) is 6.96. The highest BCUT2D eigenvalue weighted by atomic mass is 16.5. The number of nitrogens with one attached hydrogen (secondary N) is 1. The molecule has 0 saturated heterocycles. The minimum absolute atomic E-state index is 0.0655. The van der Waals surface area contributed by atoms with Crippen LogP contribution in [0.4, 0.5) is 0 Å². The fourth-order valence-electron chi connectivity index (χ4n) is 3.60. The van der Waals surface area contributed by atoms with E-state index in [0.717, 1.165) is 28.8 Å². The summed E-state index contributed by atoms with van der Waals surface area (Å²) >= 11 is 0. The third-order valence-electron chi connectivity index (χ3n) is 4.85. The molecule has 6 heteroatoms. The quantitative estimate of drug-likeness (QED) is 0.818. The van der Waals surface area contributed by atoms with E-state index < -0.39 is 0 Å². The minimum Gasteiger partial charge on any atom is -0.378 e. The highest BCUT2D eigenvalue weighted by Gasteiger charge is 2.17. The van der Waals surface area contributed by atoms with E-state index in [-0.39, 0.29) is 5.91 Å². The van der Waals surface area contributed by atoms with E-state index in [0.29, 0.717) is 24.8 Å². The zero-order valence-corrected chi connectivity index (χ0v) is 15.5. The van der Waals surface area contributed by atoms with E-state index in [1.807, 2.05) is 27.0 Å². The van der Waals surface area contributed by atoms with Crippen LogP contribution in [0.3, 0.4) is 0 Å². The topological polar surface area (TPSA) is 69.0 Å².